The fourth-order valence-electron chi connectivity index (χ4n) is 2.98. The average molecular weight is 258 g/mol. The summed E-state index contributed by atoms with van der Waals surface area (Å²) in [5.41, 5.74) is 0.205. The van der Waals surface area contributed by atoms with Gasteiger partial charge in [-0.05, 0) is 49.7 Å². The van der Waals surface area contributed by atoms with E-state index < -0.39 is 0 Å². The standard InChI is InChI=1S/C14H26O2S/c1-11(2)13(15)4-3-12-5-7-16-14(9-12)6-8-17-10-14/h11-13,15H,3-10H2,1-2H3. The van der Waals surface area contributed by atoms with Crippen molar-refractivity contribution in [3.8, 4) is 0 Å². The lowest BCUT2D eigenvalue weighted by molar-refractivity contribution is -0.0823. The van der Waals surface area contributed by atoms with Gasteiger partial charge in [0.05, 0.1) is 11.7 Å². The minimum Gasteiger partial charge on any atom is -0.393 e. The van der Waals surface area contributed by atoms with Crippen LogP contribution in [0.1, 0.15) is 46.0 Å². The van der Waals surface area contributed by atoms with Crippen LogP contribution in [0.15, 0.2) is 0 Å². The highest BCUT2D eigenvalue weighted by molar-refractivity contribution is 7.99. The summed E-state index contributed by atoms with van der Waals surface area (Å²) in [5.74, 6) is 3.62. The summed E-state index contributed by atoms with van der Waals surface area (Å²) < 4.78 is 6.03. The third-order valence-corrected chi connectivity index (χ3v) is 5.53. The Labute approximate surface area is 110 Å². The number of aliphatic hydroxyl groups is 1. The Kier molecular flexibility index (Phi) is 4.79. The van der Waals surface area contributed by atoms with Crippen LogP contribution >= 0.6 is 11.8 Å². The Morgan fingerprint density at radius 1 is 1.47 bits per heavy atom. The van der Waals surface area contributed by atoms with Crippen LogP contribution in [0, 0.1) is 11.8 Å². The van der Waals surface area contributed by atoms with E-state index in [1.807, 2.05) is 11.8 Å². The normalized spacial score (nSPS) is 35.6. The van der Waals surface area contributed by atoms with Gasteiger partial charge in [-0.25, -0.2) is 0 Å². The quantitative estimate of drug-likeness (QED) is 0.840. The number of rotatable bonds is 4. The predicted molar refractivity (Wildman–Crippen MR) is 73.4 cm³/mol. The zero-order valence-electron chi connectivity index (χ0n) is 11.2. The van der Waals surface area contributed by atoms with Gasteiger partial charge in [0.2, 0.25) is 0 Å². The van der Waals surface area contributed by atoms with E-state index in [9.17, 15) is 5.11 Å². The van der Waals surface area contributed by atoms with Crippen LogP contribution in [0.25, 0.3) is 0 Å². The fourth-order valence-corrected chi connectivity index (χ4v) is 4.36. The van der Waals surface area contributed by atoms with Crippen molar-refractivity contribution < 1.29 is 9.84 Å². The van der Waals surface area contributed by atoms with Crippen LogP contribution in [-0.4, -0.2) is 34.9 Å². The molecule has 0 aliphatic carbocycles. The highest BCUT2D eigenvalue weighted by atomic mass is 32.2. The molecule has 0 aromatic heterocycles. The Hall–Kier alpha value is 0.270. The molecule has 100 valence electrons. The van der Waals surface area contributed by atoms with E-state index in [1.165, 1.54) is 37.2 Å². The SMILES string of the molecule is CC(C)C(O)CCC1CCOC2(CCSC2)C1. The Bertz CT molecular complexity index is 236. The van der Waals surface area contributed by atoms with Crippen molar-refractivity contribution >= 4 is 11.8 Å². The zero-order chi connectivity index (χ0) is 12.3. The predicted octanol–water partition coefficient (Wildman–Crippen LogP) is 3.09. The number of hydrogen-bond donors (Lipinski definition) is 1. The van der Waals surface area contributed by atoms with Gasteiger partial charge in [-0.15, -0.1) is 0 Å². The van der Waals surface area contributed by atoms with Crippen molar-refractivity contribution in [2.24, 2.45) is 11.8 Å². The van der Waals surface area contributed by atoms with Crippen LogP contribution in [0.4, 0.5) is 0 Å². The molecule has 0 saturated carbocycles. The maximum absolute atomic E-state index is 9.88. The lowest BCUT2D eigenvalue weighted by Gasteiger charge is -2.38. The third kappa shape index (κ3) is 3.62. The van der Waals surface area contributed by atoms with Gasteiger partial charge in [-0.2, -0.15) is 11.8 Å². The highest BCUT2D eigenvalue weighted by Crippen LogP contribution is 2.41. The molecule has 1 spiro atoms. The summed E-state index contributed by atoms with van der Waals surface area (Å²) >= 11 is 2.04. The van der Waals surface area contributed by atoms with E-state index in [2.05, 4.69) is 13.8 Å². The van der Waals surface area contributed by atoms with Gasteiger partial charge in [0.15, 0.2) is 0 Å². The second kappa shape index (κ2) is 5.94. The lowest BCUT2D eigenvalue weighted by atomic mass is 9.82. The summed E-state index contributed by atoms with van der Waals surface area (Å²) in [6.07, 6.45) is 5.68. The Morgan fingerprint density at radius 3 is 2.94 bits per heavy atom. The van der Waals surface area contributed by atoms with Crippen molar-refractivity contribution in [3.63, 3.8) is 0 Å². The van der Waals surface area contributed by atoms with Gasteiger partial charge in [0.25, 0.3) is 0 Å². The van der Waals surface area contributed by atoms with Crippen molar-refractivity contribution in [1.29, 1.82) is 0 Å². The molecule has 0 bridgehead atoms. The first-order valence-electron chi connectivity index (χ1n) is 7.01. The van der Waals surface area contributed by atoms with E-state index >= 15 is 0 Å². The summed E-state index contributed by atoms with van der Waals surface area (Å²) in [6, 6.07) is 0. The van der Waals surface area contributed by atoms with Gasteiger partial charge in [-0.3, -0.25) is 0 Å². The molecule has 2 fully saturated rings. The van der Waals surface area contributed by atoms with Gasteiger partial charge in [0.1, 0.15) is 0 Å². The molecule has 0 amide bonds. The van der Waals surface area contributed by atoms with Crippen LogP contribution in [0.3, 0.4) is 0 Å². The third-order valence-electron chi connectivity index (χ3n) is 4.30. The Balaban J connectivity index is 1.77. The summed E-state index contributed by atoms with van der Waals surface area (Å²) in [4.78, 5) is 0. The van der Waals surface area contributed by atoms with Crippen molar-refractivity contribution in [3.05, 3.63) is 0 Å². The maximum Gasteiger partial charge on any atom is 0.0783 e. The molecule has 3 heteroatoms. The molecule has 2 aliphatic rings. The lowest BCUT2D eigenvalue weighted by Crippen LogP contribution is -2.40. The summed E-state index contributed by atoms with van der Waals surface area (Å²) in [7, 11) is 0. The van der Waals surface area contributed by atoms with E-state index in [0.29, 0.717) is 5.92 Å². The first kappa shape index (κ1) is 13.7. The molecule has 2 heterocycles. The molecule has 1 N–H and O–H groups in total. The van der Waals surface area contributed by atoms with Crippen molar-refractivity contribution in [2.45, 2.75) is 57.7 Å². The molecule has 0 aromatic rings. The monoisotopic (exact) mass is 258 g/mol. The van der Waals surface area contributed by atoms with E-state index in [-0.39, 0.29) is 11.7 Å². The number of hydrogen-bond acceptors (Lipinski definition) is 3. The van der Waals surface area contributed by atoms with Crippen LogP contribution in [-0.2, 0) is 4.74 Å². The molecule has 2 nitrogen and oxygen atoms in total. The highest BCUT2D eigenvalue weighted by Gasteiger charge is 2.40. The van der Waals surface area contributed by atoms with Crippen molar-refractivity contribution in [2.75, 3.05) is 18.1 Å². The zero-order valence-corrected chi connectivity index (χ0v) is 12.0. The minimum atomic E-state index is -0.119. The largest absolute Gasteiger partial charge is 0.393 e. The van der Waals surface area contributed by atoms with E-state index in [4.69, 9.17) is 4.74 Å². The first-order chi connectivity index (χ1) is 8.11. The smallest absolute Gasteiger partial charge is 0.0783 e. The first-order valence-corrected chi connectivity index (χ1v) is 8.16. The molecule has 2 saturated heterocycles. The molecule has 0 aromatic carbocycles. The molecule has 17 heavy (non-hydrogen) atoms. The summed E-state index contributed by atoms with van der Waals surface area (Å²) in [5, 5.41) is 9.88. The van der Waals surface area contributed by atoms with Crippen LogP contribution in [0.5, 0.6) is 0 Å². The molecule has 2 rings (SSSR count). The molecular formula is C14H26O2S. The Morgan fingerprint density at radius 2 is 2.29 bits per heavy atom. The average Bonchev–Trinajstić information content (AvgIpc) is 2.74. The minimum absolute atomic E-state index is 0.119. The molecule has 3 atom stereocenters. The number of thioether (sulfide) groups is 1. The van der Waals surface area contributed by atoms with Crippen LogP contribution in [0.2, 0.25) is 0 Å². The molecule has 2 aliphatic heterocycles. The second-order valence-electron chi connectivity index (χ2n) is 6.08. The maximum atomic E-state index is 9.88. The van der Waals surface area contributed by atoms with Gasteiger partial charge < -0.3 is 9.84 Å². The van der Waals surface area contributed by atoms with Gasteiger partial charge in [-0.1, -0.05) is 13.8 Å². The van der Waals surface area contributed by atoms with Gasteiger partial charge >= 0.3 is 0 Å². The molecule has 0 radical (unpaired) electrons. The number of aliphatic hydroxyl groups excluding tert-OH is 1. The molecular weight excluding hydrogens is 232 g/mol. The van der Waals surface area contributed by atoms with Crippen molar-refractivity contribution in [1.82, 2.24) is 0 Å². The van der Waals surface area contributed by atoms with E-state index in [1.54, 1.807) is 0 Å². The number of ether oxygens (including phenoxy) is 1. The topological polar surface area (TPSA) is 29.5 Å². The molecule has 3 unspecified atom stereocenters. The fraction of sp³-hybridized carbons (Fsp3) is 1.00. The summed E-state index contributed by atoms with van der Waals surface area (Å²) in [6.45, 7) is 5.14. The second-order valence-corrected chi connectivity index (χ2v) is 7.19. The van der Waals surface area contributed by atoms with Gasteiger partial charge in [0, 0.05) is 12.4 Å². The van der Waals surface area contributed by atoms with E-state index in [0.717, 1.165) is 18.9 Å². The van der Waals surface area contributed by atoms with Crippen LogP contribution < -0.4 is 0 Å².